The second kappa shape index (κ2) is 4.49. The Morgan fingerprint density at radius 3 is 2.45 bits per heavy atom. The molecule has 0 radical (unpaired) electrons. The quantitative estimate of drug-likeness (QED) is 0.783. The summed E-state index contributed by atoms with van der Waals surface area (Å²) in [6.45, 7) is 9.03. The Labute approximate surface area is 121 Å². The zero-order chi connectivity index (χ0) is 14.4. The summed E-state index contributed by atoms with van der Waals surface area (Å²) in [6, 6.07) is 10.2. The molecule has 0 amide bonds. The molecule has 2 heterocycles. The largest absolute Gasteiger partial charge is 0.425 e. The highest BCUT2D eigenvalue weighted by Crippen LogP contribution is 2.44. The van der Waals surface area contributed by atoms with Crippen molar-refractivity contribution in [2.75, 3.05) is 0 Å². The van der Waals surface area contributed by atoms with Crippen molar-refractivity contribution in [3.63, 3.8) is 0 Å². The molecular weight excluding hydrogens is 247 g/mol. The van der Waals surface area contributed by atoms with Crippen LogP contribution < -0.4 is 5.46 Å². The lowest BCUT2D eigenvalue weighted by molar-refractivity contribution is 0.0375. The molecule has 0 atom stereocenters. The Bertz CT molecular complexity index is 588. The van der Waals surface area contributed by atoms with Gasteiger partial charge in [0.05, 0.1) is 11.3 Å². The number of benzene rings is 1. The van der Waals surface area contributed by atoms with E-state index in [2.05, 4.69) is 51.1 Å². The van der Waals surface area contributed by atoms with Crippen molar-refractivity contribution >= 4 is 12.4 Å². The van der Waals surface area contributed by atoms with Gasteiger partial charge in [0.1, 0.15) is 0 Å². The first-order chi connectivity index (χ1) is 9.39. The maximum Gasteiger partial charge on any atom is 0.331 e. The minimum Gasteiger partial charge on any atom is -0.425 e. The molecule has 0 bridgehead atoms. The van der Waals surface area contributed by atoms with E-state index in [-0.39, 0.29) is 17.9 Å². The number of rotatable bonds is 2. The number of nitrogens with zero attached hydrogens (tertiary/aromatic N) is 2. The highest BCUT2D eigenvalue weighted by atomic mass is 16.5. The molecule has 1 aromatic heterocycles. The van der Waals surface area contributed by atoms with E-state index in [1.807, 2.05) is 29.1 Å². The first kappa shape index (κ1) is 13.4. The molecule has 0 spiro atoms. The fourth-order valence-corrected chi connectivity index (χ4v) is 2.68. The van der Waals surface area contributed by atoms with Gasteiger partial charge in [0, 0.05) is 12.4 Å². The van der Waals surface area contributed by atoms with E-state index in [0.717, 1.165) is 17.5 Å². The van der Waals surface area contributed by atoms with E-state index < -0.39 is 0 Å². The molecule has 0 saturated carbocycles. The van der Waals surface area contributed by atoms with Crippen molar-refractivity contribution in [2.45, 2.75) is 39.6 Å². The van der Waals surface area contributed by atoms with Crippen molar-refractivity contribution in [3.8, 4) is 5.69 Å². The SMILES string of the molecule is CC1(C)CB(c2cnn(-c3ccccc3)c2)OC1(C)C. The smallest absolute Gasteiger partial charge is 0.331 e. The zero-order valence-corrected chi connectivity index (χ0v) is 12.6. The normalized spacial score (nSPS) is 20.3. The Hall–Kier alpha value is -1.55. The Kier molecular flexibility index (Phi) is 3.01. The van der Waals surface area contributed by atoms with Gasteiger partial charge in [0.15, 0.2) is 0 Å². The molecule has 1 aliphatic rings. The molecule has 104 valence electrons. The average molecular weight is 268 g/mol. The first-order valence-electron chi connectivity index (χ1n) is 7.17. The van der Waals surface area contributed by atoms with Crippen LogP contribution in [0, 0.1) is 5.41 Å². The standard InChI is InChI=1S/C16H21BN2O/c1-15(2)12-17(20-16(15,3)4)13-10-18-19(11-13)14-8-6-5-7-9-14/h5-11H,12H2,1-4H3. The van der Waals surface area contributed by atoms with E-state index in [1.54, 1.807) is 0 Å². The molecule has 2 aromatic rings. The van der Waals surface area contributed by atoms with Gasteiger partial charge in [-0.3, -0.25) is 0 Å². The molecular formula is C16H21BN2O. The highest BCUT2D eigenvalue weighted by molar-refractivity contribution is 6.68. The summed E-state index contributed by atoms with van der Waals surface area (Å²) >= 11 is 0. The summed E-state index contributed by atoms with van der Waals surface area (Å²) in [4.78, 5) is 0. The van der Waals surface area contributed by atoms with Gasteiger partial charge in [-0.1, -0.05) is 32.0 Å². The predicted octanol–water partition coefficient (Wildman–Crippen LogP) is 2.91. The number of aromatic nitrogens is 2. The van der Waals surface area contributed by atoms with Gasteiger partial charge >= 0.3 is 6.92 Å². The summed E-state index contributed by atoms with van der Waals surface area (Å²) in [7, 11) is 0. The van der Waals surface area contributed by atoms with E-state index in [4.69, 9.17) is 4.65 Å². The lowest BCUT2D eigenvalue weighted by Crippen LogP contribution is -2.35. The molecule has 20 heavy (non-hydrogen) atoms. The fourth-order valence-electron chi connectivity index (χ4n) is 2.68. The van der Waals surface area contributed by atoms with Crippen molar-refractivity contribution < 1.29 is 4.65 Å². The Morgan fingerprint density at radius 1 is 1.15 bits per heavy atom. The van der Waals surface area contributed by atoms with E-state index in [1.165, 1.54) is 0 Å². The molecule has 1 aliphatic heterocycles. The van der Waals surface area contributed by atoms with Crippen molar-refractivity contribution in [1.82, 2.24) is 9.78 Å². The van der Waals surface area contributed by atoms with Crippen LogP contribution in [-0.4, -0.2) is 22.3 Å². The van der Waals surface area contributed by atoms with Gasteiger partial charge in [-0.2, -0.15) is 5.10 Å². The second-order valence-corrected chi connectivity index (χ2v) is 6.76. The summed E-state index contributed by atoms with van der Waals surface area (Å²) in [6.07, 6.45) is 5.03. The third kappa shape index (κ3) is 2.18. The van der Waals surface area contributed by atoms with Crippen molar-refractivity contribution in [3.05, 3.63) is 42.7 Å². The van der Waals surface area contributed by atoms with Gasteiger partial charge < -0.3 is 4.65 Å². The molecule has 1 fully saturated rings. The van der Waals surface area contributed by atoms with Gasteiger partial charge in [0.2, 0.25) is 0 Å². The van der Waals surface area contributed by atoms with Crippen molar-refractivity contribution in [2.24, 2.45) is 5.41 Å². The zero-order valence-electron chi connectivity index (χ0n) is 12.6. The van der Waals surface area contributed by atoms with Crippen LogP contribution in [-0.2, 0) is 4.65 Å². The maximum atomic E-state index is 6.25. The third-order valence-electron chi connectivity index (χ3n) is 4.76. The first-order valence-corrected chi connectivity index (χ1v) is 7.17. The molecule has 3 rings (SSSR count). The minimum atomic E-state index is -0.105. The van der Waals surface area contributed by atoms with E-state index in [0.29, 0.717) is 0 Å². The lowest BCUT2D eigenvalue weighted by atomic mass is 9.55. The van der Waals surface area contributed by atoms with Crippen LogP contribution in [0.5, 0.6) is 0 Å². The minimum absolute atomic E-state index is 0.105. The molecule has 3 nitrogen and oxygen atoms in total. The summed E-state index contributed by atoms with van der Waals surface area (Å²) in [5.74, 6) is 0. The molecule has 0 unspecified atom stereocenters. The van der Waals surface area contributed by atoms with Crippen LogP contribution in [0.1, 0.15) is 27.7 Å². The molecule has 0 aliphatic carbocycles. The maximum absolute atomic E-state index is 6.25. The van der Waals surface area contributed by atoms with Gasteiger partial charge in [-0.05, 0) is 43.2 Å². The Balaban J connectivity index is 1.86. The average Bonchev–Trinajstić information content (AvgIpc) is 2.94. The van der Waals surface area contributed by atoms with Gasteiger partial charge in [-0.15, -0.1) is 0 Å². The summed E-state index contributed by atoms with van der Waals surface area (Å²) < 4.78 is 8.16. The lowest BCUT2D eigenvalue weighted by Gasteiger charge is -2.34. The predicted molar refractivity (Wildman–Crippen MR) is 82.7 cm³/mol. The monoisotopic (exact) mass is 268 g/mol. The van der Waals surface area contributed by atoms with Crippen LogP contribution in [0.4, 0.5) is 0 Å². The molecule has 0 N–H and O–H groups in total. The van der Waals surface area contributed by atoms with E-state index >= 15 is 0 Å². The second-order valence-electron chi connectivity index (χ2n) is 6.76. The number of hydrogen-bond acceptors (Lipinski definition) is 2. The molecule has 1 saturated heterocycles. The topological polar surface area (TPSA) is 27.1 Å². The van der Waals surface area contributed by atoms with Crippen LogP contribution in [0.15, 0.2) is 42.7 Å². The van der Waals surface area contributed by atoms with Crippen LogP contribution in [0.2, 0.25) is 6.32 Å². The Morgan fingerprint density at radius 2 is 1.85 bits per heavy atom. The molecule has 4 heteroatoms. The number of hydrogen-bond donors (Lipinski definition) is 0. The summed E-state index contributed by atoms with van der Waals surface area (Å²) in [5.41, 5.74) is 2.31. The van der Waals surface area contributed by atoms with Crippen LogP contribution in [0.25, 0.3) is 5.69 Å². The molecule has 1 aromatic carbocycles. The number of para-hydroxylation sites is 1. The third-order valence-corrected chi connectivity index (χ3v) is 4.76. The highest BCUT2D eigenvalue weighted by Gasteiger charge is 2.50. The van der Waals surface area contributed by atoms with Gasteiger partial charge in [0.25, 0.3) is 0 Å². The summed E-state index contributed by atoms with van der Waals surface area (Å²) in [5, 5.41) is 4.46. The fraction of sp³-hybridized carbons (Fsp3) is 0.438. The van der Waals surface area contributed by atoms with Crippen LogP contribution >= 0.6 is 0 Å². The van der Waals surface area contributed by atoms with E-state index in [9.17, 15) is 0 Å². The van der Waals surface area contributed by atoms with Crippen LogP contribution in [0.3, 0.4) is 0 Å². The van der Waals surface area contributed by atoms with Crippen molar-refractivity contribution in [1.29, 1.82) is 0 Å². The van der Waals surface area contributed by atoms with Gasteiger partial charge in [-0.25, -0.2) is 4.68 Å².